The largest absolute Gasteiger partial charge is 0.456 e. The second-order valence-corrected chi connectivity index (χ2v) is 18.0. The van der Waals surface area contributed by atoms with Crippen LogP contribution in [0.1, 0.15) is 0 Å². The molecule has 0 aliphatic rings. The Labute approximate surface area is 359 Å². The summed E-state index contributed by atoms with van der Waals surface area (Å²) in [5.41, 5.74) is 14.0. The quantitative estimate of drug-likeness (QED) is 0.174. The Hall–Kier alpha value is -7.66. The van der Waals surface area contributed by atoms with Crippen LogP contribution in [0.4, 0.5) is 0 Å². The van der Waals surface area contributed by atoms with Gasteiger partial charge >= 0.3 is 0 Å². The highest BCUT2D eigenvalue weighted by Gasteiger charge is 2.22. The Morgan fingerprint density at radius 1 is 0.339 bits per heavy atom. The Morgan fingerprint density at radius 2 is 0.952 bits per heavy atom. The van der Waals surface area contributed by atoms with Gasteiger partial charge < -0.3 is 13.6 Å². The third-order valence-corrected chi connectivity index (χ3v) is 14.9. The van der Waals surface area contributed by atoms with Gasteiger partial charge in [-0.3, -0.25) is 0 Å². The lowest BCUT2D eigenvalue weighted by atomic mass is 9.90. The Kier molecular flexibility index (Phi) is 6.85. The summed E-state index contributed by atoms with van der Waals surface area (Å²) in [7, 11) is 4.43. The molecule has 0 spiro atoms. The van der Waals surface area contributed by atoms with Crippen LogP contribution < -0.4 is 0 Å². The third kappa shape index (κ3) is 4.59. The molecule has 0 atom stereocenters. The van der Waals surface area contributed by atoms with Gasteiger partial charge in [0.1, 0.15) is 11.2 Å². The number of hydrogen-bond donors (Lipinski definition) is 0. The van der Waals surface area contributed by atoms with E-state index in [1.807, 2.05) is 17.4 Å². The van der Waals surface area contributed by atoms with E-state index in [1.165, 1.54) is 113 Å². The van der Waals surface area contributed by atoms with Crippen LogP contribution in [0.15, 0.2) is 186 Å². The highest BCUT2D eigenvalue weighted by molar-refractivity contribution is 7.25. The van der Waals surface area contributed by atoms with Crippen molar-refractivity contribution in [3.8, 4) is 33.4 Å². The first-order chi connectivity index (χ1) is 30.6. The zero-order valence-electron chi connectivity index (χ0n) is 34.0. The van der Waals surface area contributed by atoms with E-state index in [9.17, 15) is 0 Å². The predicted octanol–water partition coefficient (Wildman–Crippen LogP) is 16.6. The fourth-order valence-electron chi connectivity index (χ4n) is 10.8. The minimum Gasteiger partial charge on any atom is -0.456 e. The van der Waals surface area contributed by atoms with Crippen LogP contribution in [0.5, 0.6) is 0 Å². The highest BCUT2D eigenvalue weighted by Crippen LogP contribution is 2.47. The first-order valence-corrected chi connectivity index (χ1v) is 22.1. The van der Waals surface area contributed by atoms with Crippen molar-refractivity contribution < 1.29 is 4.42 Å². The topological polar surface area (TPSA) is 23.0 Å². The first-order valence-electron chi connectivity index (χ1n) is 21.3. The SMILES string of the molecule is Cn1c2cc(-c3cccc4c3ccc3c4c4c(-c5ccc6c(c5)sc5ccccc56)cccc4n3C)cc(-c3ccc4c(c3)oc3ccccc34)c2c2c3ccccc3ccc21. The number of aryl methyl sites for hydroxylation is 2. The summed E-state index contributed by atoms with van der Waals surface area (Å²) in [5.74, 6) is 0. The van der Waals surface area contributed by atoms with Gasteiger partial charge in [-0.2, -0.15) is 0 Å². The van der Waals surface area contributed by atoms with Crippen LogP contribution in [0.25, 0.3) is 141 Å². The third-order valence-electron chi connectivity index (χ3n) is 13.7. The molecule has 14 aromatic rings. The van der Waals surface area contributed by atoms with Gasteiger partial charge in [-0.15, -0.1) is 11.3 Å². The summed E-state index contributed by atoms with van der Waals surface area (Å²) < 4.78 is 13.9. The van der Waals surface area contributed by atoms with E-state index in [4.69, 9.17) is 4.42 Å². The molecule has 0 aliphatic carbocycles. The molecule has 290 valence electrons. The minimum atomic E-state index is 0.901. The highest BCUT2D eigenvalue weighted by atomic mass is 32.1. The molecule has 4 heterocycles. The van der Waals surface area contributed by atoms with Gasteiger partial charge in [0.05, 0.1) is 5.52 Å². The molecular formula is C58H36N2OS. The van der Waals surface area contributed by atoms with E-state index in [2.05, 4.69) is 199 Å². The molecule has 4 heteroatoms. The molecule has 0 fully saturated rings. The Balaban J connectivity index is 1.04. The second kappa shape index (κ2) is 12.4. The summed E-state index contributed by atoms with van der Waals surface area (Å²) in [6.45, 7) is 0. The number of fused-ring (bicyclic) bond motifs is 16. The Bertz CT molecular complexity index is 4250. The van der Waals surface area contributed by atoms with Gasteiger partial charge in [-0.25, -0.2) is 0 Å². The number of hydrogen-bond acceptors (Lipinski definition) is 2. The molecule has 0 amide bonds. The average molecular weight is 809 g/mol. The summed E-state index contributed by atoms with van der Waals surface area (Å²) in [5, 5.41) is 15.1. The molecule has 10 aromatic carbocycles. The molecule has 14 rings (SSSR count). The van der Waals surface area contributed by atoms with Crippen molar-refractivity contribution in [3.63, 3.8) is 0 Å². The van der Waals surface area contributed by atoms with E-state index in [-0.39, 0.29) is 0 Å². The van der Waals surface area contributed by atoms with Crippen molar-refractivity contribution in [2.24, 2.45) is 14.1 Å². The number of nitrogens with zero attached hydrogens (tertiary/aromatic N) is 2. The normalized spacial score (nSPS) is 12.4. The second-order valence-electron chi connectivity index (χ2n) is 16.9. The zero-order chi connectivity index (χ0) is 40.8. The predicted molar refractivity (Wildman–Crippen MR) is 266 cm³/mol. The number of thiophene rings is 1. The molecule has 0 aliphatic heterocycles. The van der Waals surface area contributed by atoms with Crippen molar-refractivity contribution in [2.45, 2.75) is 0 Å². The lowest BCUT2D eigenvalue weighted by Crippen LogP contribution is -1.90. The standard InChI is InChI=1S/C58H36N2OS/c1-59-47-18-10-16-39(35-22-25-44-43-14-6-8-20-53(43)62-54(44)32-35)56(47)57-45-17-9-15-37(40(45)26-28-49(57)59)36-29-46(34-21-24-42-41-13-5-7-19-51(41)61-52(42)31-34)58-50(30-36)60(2)48-27-23-33-11-3-4-12-38(33)55(48)58/h3-32H,1-2H3. The van der Waals surface area contributed by atoms with Crippen LogP contribution in [0.2, 0.25) is 0 Å². The van der Waals surface area contributed by atoms with Crippen LogP contribution in [0, 0.1) is 0 Å². The molecule has 62 heavy (non-hydrogen) atoms. The molecule has 3 nitrogen and oxygen atoms in total. The zero-order valence-corrected chi connectivity index (χ0v) is 34.8. The van der Waals surface area contributed by atoms with Crippen molar-refractivity contribution in [3.05, 3.63) is 182 Å². The van der Waals surface area contributed by atoms with E-state index in [0.717, 1.165) is 27.5 Å². The lowest BCUT2D eigenvalue weighted by molar-refractivity contribution is 0.669. The van der Waals surface area contributed by atoms with Crippen LogP contribution in [-0.2, 0) is 14.1 Å². The molecule has 0 unspecified atom stereocenters. The van der Waals surface area contributed by atoms with Crippen molar-refractivity contribution >= 4 is 119 Å². The maximum absolute atomic E-state index is 6.51. The van der Waals surface area contributed by atoms with Crippen molar-refractivity contribution in [1.82, 2.24) is 9.13 Å². The fourth-order valence-corrected chi connectivity index (χ4v) is 12.0. The van der Waals surface area contributed by atoms with Crippen molar-refractivity contribution in [1.29, 1.82) is 0 Å². The monoisotopic (exact) mass is 808 g/mol. The maximum atomic E-state index is 6.51. The average Bonchev–Trinajstić information content (AvgIpc) is 4.05. The molecule has 0 radical (unpaired) electrons. The number of para-hydroxylation sites is 1. The van der Waals surface area contributed by atoms with E-state index >= 15 is 0 Å². The minimum absolute atomic E-state index is 0.901. The van der Waals surface area contributed by atoms with Crippen LogP contribution in [0.3, 0.4) is 0 Å². The molecule has 0 saturated carbocycles. The Morgan fingerprint density at radius 3 is 1.85 bits per heavy atom. The molecule has 0 bridgehead atoms. The van der Waals surface area contributed by atoms with Gasteiger partial charge in [0, 0.05) is 83.1 Å². The van der Waals surface area contributed by atoms with Gasteiger partial charge in [0.25, 0.3) is 0 Å². The lowest BCUT2D eigenvalue weighted by Gasteiger charge is -2.14. The summed E-state index contributed by atoms with van der Waals surface area (Å²) in [6.07, 6.45) is 0. The van der Waals surface area contributed by atoms with E-state index in [1.54, 1.807) is 0 Å². The first kappa shape index (κ1) is 34.1. The number of furan rings is 1. The molecule has 0 N–H and O–H groups in total. The maximum Gasteiger partial charge on any atom is 0.136 e. The van der Waals surface area contributed by atoms with E-state index < -0.39 is 0 Å². The van der Waals surface area contributed by atoms with Crippen LogP contribution >= 0.6 is 11.3 Å². The number of aromatic nitrogens is 2. The molecule has 0 saturated heterocycles. The van der Waals surface area contributed by atoms with Gasteiger partial charge in [-0.1, -0.05) is 121 Å². The summed E-state index contributed by atoms with van der Waals surface area (Å²) in [4.78, 5) is 0. The molecular weight excluding hydrogens is 773 g/mol. The summed E-state index contributed by atoms with van der Waals surface area (Å²) in [6, 6.07) is 67.4. The van der Waals surface area contributed by atoms with Crippen LogP contribution in [-0.4, -0.2) is 9.13 Å². The van der Waals surface area contributed by atoms with Gasteiger partial charge in [-0.05, 0) is 116 Å². The van der Waals surface area contributed by atoms with E-state index in [0.29, 0.717) is 0 Å². The fraction of sp³-hybridized carbons (Fsp3) is 0.0345. The van der Waals surface area contributed by atoms with Gasteiger partial charge in [0.2, 0.25) is 0 Å². The summed E-state index contributed by atoms with van der Waals surface area (Å²) >= 11 is 1.88. The number of benzene rings is 10. The number of rotatable bonds is 3. The smallest absolute Gasteiger partial charge is 0.136 e. The molecule has 4 aromatic heterocycles. The van der Waals surface area contributed by atoms with Crippen molar-refractivity contribution in [2.75, 3.05) is 0 Å². The van der Waals surface area contributed by atoms with Gasteiger partial charge in [0.15, 0.2) is 0 Å².